The van der Waals surface area contributed by atoms with E-state index in [9.17, 15) is 19.2 Å². The zero-order valence-electron chi connectivity index (χ0n) is 36.7. The average Bonchev–Trinajstić information content (AvgIpc) is 3.29. The molecule has 3 atom stereocenters. The predicted octanol–water partition coefficient (Wildman–Crippen LogP) is 6.03. The molecule has 0 bridgehead atoms. The predicted molar refractivity (Wildman–Crippen MR) is 252 cm³/mol. The number of nitrogens with two attached hydrogens (primary N) is 3. The van der Waals surface area contributed by atoms with Crippen LogP contribution < -0.4 is 42.6 Å². The highest BCUT2D eigenvalue weighted by atomic mass is 16.5. The molecule has 0 heterocycles. The Hall–Kier alpha value is -6.93. The van der Waals surface area contributed by atoms with Crippen molar-refractivity contribution in [1.29, 1.82) is 0 Å². The van der Waals surface area contributed by atoms with E-state index >= 15 is 0 Å². The molecule has 64 heavy (non-hydrogen) atoms. The largest absolute Gasteiger partial charge is 0.493 e. The molecular formula is C50H61N7O7. The summed E-state index contributed by atoms with van der Waals surface area (Å²) in [5, 5.41) is 12.2. The lowest BCUT2D eigenvalue weighted by Crippen LogP contribution is -2.56. The minimum absolute atomic E-state index is 0.00878. The number of nitrogens with zero attached hydrogens (tertiary/aromatic N) is 1. The number of ether oxygens (including phenoxy) is 3. The monoisotopic (exact) mass is 871 g/mol. The van der Waals surface area contributed by atoms with E-state index in [2.05, 4.69) is 41.4 Å². The van der Waals surface area contributed by atoms with Gasteiger partial charge in [-0.3, -0.25) is 19.4 Å². The van der Waals surface area contributed by atoms with Crippen molar-refractivity contribution in [3.05, 3.63) is 121 Å². The Morgan fingerprint density at radius 1 is 0.688 bits per heavy atom. The summed E-state index contributed by atoms with van der Waals surface area (Å²) in [4.78, 5) is 59.0. The van der Waals surface area contributed by atoms with Crippen LogP contribution in [0.4, 0.5) is 0 Å². The van der Waals surface area contributed by atoms with Gasteiger partial charge in [0.05, 0.1) is 6.61 Å². The molecule has 0 aromatic heterocycles. The molecule has 5 aromatic rings. The van der Waals surface area contributed by atoms with E-state index in [1.54, 1.807) is 0 Å². The molecule has 0 aliphatic carbocycles. The number of nitrogens with one attached hydrogen (secondary N) is 3. The van der Waals surface area contributed by atoms with Crippen molar-refractivity contribution in [3.8, 4) is 22.6 Å². The van der Waals surface area contributed by atoms with Gasteiger partial charge in [-0.25, -0.2) is 4.79 Å². The van der Waals surface area contributed by atoms with Crippen molar-refractivity contribution in [3.63, 3.8) is 0 Å². The van der Waals surface area contributed by atoms with E-state index in [1.165, 1.54) is 6.08 Å². The number of hydrogen-bond donors (Lipinski definition) is 6. The maximum Gasteiger partial charge on any atom is 0.329 e. The van der Waals surface area contributed by atoms with E-state index in [4.69, 9.17) is 31.4 Å². The van der Waals surface area contributed by atoms with Crippen molar-refractivity contribution in [2.45, 2.75) is 77.1 Å². The van der Waals surface area contributed by atoms with Gasteiger partial charge in [-0.15, -0.1) is 6.58 Å². The maximum absolute atomic E-state index is 14.1. The lowest BCUT2D eigenvalue weighted by Gasteiger charge is -2.25. The summed E-state index contributed by atoms with van der Waals surface area (Å²) in [6.45, 7) is 8.56. The van der Waals surface area contributed by atoms with Crippen LogP contribution in [0.3, 0.4) is 0 Å². The first-order valence-electron chi connectivity index (χ1n) is 21.8. The van der Waals surface area contributed by atoms with Gasteiger partial charge < -0.3 is 47.4 Å². The summed E-state index contributed by atoms with van der Waals surface area (Å²) in [5.74, 6) is -1.15. The van der Waals surface area contributed by atoms with E-state index < -0.39 is 48.4 Å². The third kappa shape index (κ3) is 14.0. The van der Waals surface area contributed by atoms with Gasteiger partial charge in [0.15, 0.2) is 12.6 Å². The number of esters is 1. The second-order valence-electron chi connectivity index (χ2n) is 15.9. The second-order valence-corrected chi connectivity index (χ2v) is 15.9. The molecule has 3 amide bonds. The maximum atomic E-state index is 14.1. The number of amides is 3. The Labute approximate surface area is 375 Å². The molecule has 0 spiro atoms. The highest BCUT2D eigenvalue weighted by molar-refractivity contribution is 6.10. The molecular weight excluding hydrogens is 811 g/mol. The molecule has 0 saturated heterocycles. The number of carbonyl (C=O) groups is 4. The molecule has 0 aliphatic rings. The highest BCUT2D eigenvalue weighted by Gasteiger charge is 2.30. The van der Waals surface area contributed by atoms with Crippen molar-refractivity contribution >= 4 is 51.2 Å². The van der Waals surface area contributed by atoms with Gasteiger partial charge in [0.2, 0.25) is 11.8 Å². The number of fused-ring (bicyclic) bond motifs is 2. The summed E-state index contributed by atoms with van der Waals surface area (Å²) in [7, 11) is 0. The third-order valence-corrected chi connectivity index (χ3v) is 10.4. The number of guanidine groups is 1. The zero-order valence-corrected chi connectivity index (χ0v) is 36.7. The van der Waals surface area contributed by atoms with Gasteiger partial charge >= 0.3 is 5.97 Å². The van der Waals surface area contributed by atoms with Crippen LogP contribution in [0.25, 0.3) is 32.7 Å². The summed E-state index contributed by atoms with van der Waals surface area (Å²) >= 11 is 0. The molecule has 5 rings (SSSR count). The summed E-state index contributed by atoms with van der Waals surface area (Å²) in [6, 6.07) is 29.7. The van der Waals surface area contributed by atoms with Crippen molar-refractivity contribution in [2.24, 2.45) is 28.1 Å². The Morgan fingerprint density at radius 3 is 1.84 bits per heavy atom. The van der Waals surface area contributed by atoms with Gasteiger partial charge in [0.25, 0.3) is 5.91 Å². The van der Waals surface area contributed by atoms with Crippen LogP contribution in [0.1, 0.15) is 57.9 Å². The van der Waals surface area contributed by atoms with Crippen LogP contribution in [-0.4, -0.2) is 74.1 Å². The molecule has 5 aromatic carbocycles. The second kappa shape index (κ2) is 24.6. The number of hydrogen-bond acceptors (Lipinski definition) is 9. The van der Waals surface area contributed by atoms with Crippen LogP contribution >= 0.6 is 0 Å². The van der Waals surface area contributed by atoms with E-state index in [1.807, 2.05) is 103 Å². The van der Waals surface area contributed by atoms with E-state index in [0.29, 0.717) is 43.9 Å². The Kier molecular flexibility index (Phi) is 18.5. The molecule has 14 nitrogen and oxygen atoms in total. The number of carbonyl (C=O) groups excluding carboxylic acids is 4. The molecule has 14 heteroatoms. The fourth-order valence-corrected chi connectivity index (χ4v) is 7.18. The van der Waals surface area contributed by atoms with Gasteiger partial charge in [-0.1, -0.05) is 111 Å². The van der Waals surface area contributed by atoms with Crippen LogP contribution in [0.5, 0.6) is 11.5 Å². The molecule has 0 saturated carbocycles. The molecule has 0 unspecified atom stereocenters. The average molecular weight is 872 g/mol. The van der Waals surface area contributed by atoms with Gasteiger partial charge in [0, 0.05) is 17.7 Å². The summed E-state index contributed by atoms with van der Waals surface area (Å²) in [6.07, 6.45) is 3.35. The number of benzene rings is 5. The fraction of sp³-hybridized carbons (Fsp3) is 0.340. The Morgan fingerprint density at radius 2 is 1.25 bits per heavy atom. The van der Waals surface area contributed by atoms with Crippen LogP contribution in [-0.2, 0) is 30.5 Å². The first-order valence-corrected chi connectivity index (χ1v) is 21.8. The third-order valence-electron chi connectivity index (χ3n) is 10.4. The van der Waals surface area contributed by atoms with Crippen molar-refractivity contribution < 1.29 is 33.4 Å². The Balaban J connectivity index is 1.36. The molecule has 0 fully saturated rings. The van der Waals surface area contributed by atoms with E-state index in [0.717, 1.165) is 38.2 Å². The Bertz CT molecular complexity index is 2380. The molecule has 9 N–H and O–H groups in total. The summed E-state index contributed by atoms with van der Waals surface area (Å²) in [5.41, 5.74) is 19.2. The summed E-state index contributed by atoms with van der Waals surface area (Å²) < 4.78 is 18.3. The number of rotatable bonds is 25. The van der Waals surface area contributed by atoms with Crippen LogP contribution in [0.15, 0.2) is 121 Å². The van der Waals surface area contributed by atoms with Gasteiger partial charge in [-0.2, -0.15) is 0 Å². The number of aliphatic imine (C=N–C) groups is 1. The SMILES string of the molecule is C=CC[C@H](NC(=O)[C@@H](CCCN=C(N)N)NC(=O)[C@@H](CCCCN)NC(=O)COc1ccc2ccccc2c1-c1c(OCC(C)C)ccc2ccccc12)C(=O)OCc1ccccc1. The van der Waals surface area contributed by atoms with Crippen LogP contribution in [0.2, 0.25) is 0 Å². The lowest BCUT2D eigenvalue weighted by atomic mass is 9.92. The van der Waals surface area contributed by atoms with Gasteiger partial charge in [-0.05, 0) is 90.2 Å². The van der Waals surface area contributed by atoms with Crippen molar-refractivity contribution in [1.82, 2.24) is 16.0 Å². The topological polar surface area (TPSA) is 222 Å². The van der Waals surface area contributed by atoms with Gasteiger partial charge in [0.1, 0.15) is 36.2 Å². The quantitative estimate of drug-likeness (QED) is 0.0131. The lowest BCUT2D eigenvalue weighted by molar-refractivity contribution is -0.149. The minimum atomic E-state index is -1.13. The first-order chi connectivity index (χ1) is 31.0. The van der Waals surface area contributed by atoms with E-state index in [-0.39, 0.29) is 44.3 Å². The molecule has 338 valence electrons. The smallest absolute Gasteiger partial charge is 0.329 e. The van der Waals surface area contributed by atoms with Crippen LogP contribution in [0, 0.1) is 5.92 Å². The first kappa shape index (κ1) is 48.1. The molecule has 0 radical (unpaired) electrons. The standard InChI is InChI=1S/C50H61N7O7/c1-4-15-41(49(61)64-31-34-16-6-5-7-17-34)57-48(60)40(23-14-29-54-50(52)53)56-47(59)39(22-12-13-28-51)55-44(58)32-63-43-27-25-36-19-9-11-21-38(36)46(43)45-37-20-10-8-18-35(37)24-26-42(45)62-30-33(2)3/h4-11,16-21,24-27,33,39-41H,1,12-15,22-23,28-32,51H2,2-3H3,(H,55,58)(H,56,59)(H,57,60)(H4,52,53,54)/t39-,40-,41+/m1/s1. The number of unbranched alkanes of at least 4 members (excludes halogenated alkanes) is 1. The minimum Gasteiger partial charge on any atom is -0.493 e. The highest BCUT2D eigenvalue weighted by Crippen LogP contribution is 2.45. The molecule has 0 aliphatic heterocycles. The van der Waals surface area contributed by atoms with Crippen molar-refractivity contribution in [2.75, 3.05) is 26.3 Å². The normalized spacial score (nSPS) is 12.4. The fourth-order valence-electron chi connectivity index (χ4n) is 7.18. The zero-order chi connectivity index (χ0) is 45.8.